The highest BCUT2D eigenvalue weighted by atomic mass is 32.2. The third-order valence-electron chi connectivity index (χ3n) is 4.06. The SMILES string of the molecule is O=CN1CCN(C(=O)CSC2CCCCCC2)CC1. The first kappa shape index (κ1) is 14.7. The molecular weight excluding hydrogens is 260 g/mol. The molecule has 0 aromatic carbocycles. The molecule has 1 aliphatic heterocycles. The zero-order valence-corrected chi connectivity index (χ0v) is 12.4. The minimum Gasteiger partial charge on any atom is -0.342 e. The smallest absolute Gasteiger partial charge is 0.232 e. The first-order chi connectivity index (χ1) is 9.29. The molecule has 2 amide bonds. The molecule has 5 heteroatoms. The molecule has 0 unspecified atom stereocenters. The Bertz CT molecular complexity index is 296. The Morgan fingerprint density at radius 2 is 1.68 bits per heavy atom. The van der Waals surface area contributed by atoms with Crippen molar-refractivity contribution in [2.24, 2.45) is 0 Å². The largest absolute Gasteiger partial charge is 0.342 e. The van der Waals surface area contributed by atoms with Crippen molar-refractivity contribution < 1.29 is 9.59 Å². The van der Waals surface area contributed by atoms with Gasteiger partial charge in [-0.2, -0.15) is 0 Å². The van der Waals surface area contributed by atoms with Crippen LogP contribution in [0.5, 0.6) is 0 Å². The summed E-state index contributed by atoms with van der Waals surface area (Å²) in [5, 5.41) is 0.683. The van der Waals surface area contributed by atoms with Gasteiger partial charge < -0.3 is 9.80 Å². The number of nitrogens with zero attached hydrogens (tertiary/aromatic N) is 2. The third-order valence-corrected chi connectivity index (χ3v) is 5.42. The molecule has 1 heterocycles. The van der Waals surface area contributed by atoms with Crippen LogP contribution in [0.25, 0.3) is 0 Å². The Labute approximate surface area is 119 Å². The number of piperazine rings is 1. The fourth-order valence-electron chi connectivity index (χ4n) is 2.77. The van der Waals surface area contributed by atoms with Gasteiger partial charge in [0.15, 0.2) is 0 Å². The highest BCUT2D eigenvalue weighted by molar-refractivity contribution is 8.00. The van der Waals surface area contributed by atoms with Gasteiger partial charge in [-0.3, -0.25) is 9.59 Å². The van der Waals surface area contributed by atoms with E-state index < -0.39 is 0 Å². The summed E-state index contributed by atoms with van der Waals surface area (Å²) in [6.07, 6.45) is 8.79. The Hall–Kier alpha value is -0.710. The van der Waals surface area contributed by atoms with Gasteiger partial charge in [-0.15, -0.1) is 11.8 Å². The van der Waals surface area contributed by atoms with Gasteiger partial charge in [-0.25, -0.2) is 0 Å². The zero-order chi connectivity index (χ0) is 13.5. The van der Waals surface area contributed by atoms with Crippen LogP contribution in [0.3, 0.4) is 0 Å². The van der Waals surface area contributed by atoms with E-state index in [9.17, 15) is 9.59 Å². The van der Waals surface area contributed by atoms with Crippen LogP contribution in [0.4, 0.5) is 0 Å². The molecule has 1 aliphatic carbocycles. The average Bonchev–Trinajstić information content (AvgIpc) is 2.73. The second kappa shape index (κ2) is 7.78. The number of rotatable bonds is 4. The fraction of sp³-hybridized carbons (Fsp3) is 0.857. The number of carbonyl (C=O) groups excluding carboxylic acids is 2. The third kappa shape index (κ3) is 4.71. The van der Waals surface area contributed by atoms with Crippen molar-refractivity contribution >= 4 is 24.1 Å². The van der Waals surface area contributed by atoms with E-state index in [4.69, 9.17) is 0 Å². The van der Waals surface area contributed by atoms with Crippen molar-refractivity contribution in [3.8, 4) is 0 Å². The van der Waals surface area contributed by atoms with Crippen LogP contribution in [-0.2, 0) is 9.59 Å². The van der Waals surface area contributed by atoms with Crippen molar-refractivity contribution in [3.05, 3.63) is 0 Å². The Morgan fingerprint density at radius 1 is 1.05 bits per heavy atom. The molecule has 0 aromatic heterocycles. The van der Waals surface area contributed by atoms with E-state index in [0.717, 1.165) is 6.41 Å². The molecule has 2 rings (SSSR count). The molecule has 0 N–H and O–H groups in total. The highest BCUT2D eigenvalue weighted by Gasteiger charge is 2.21. The predicted octanol–water partition coefficient (Wildman–Crippen LogP) is 1.74. The van der Waals surface area contributed by atoms with Crippen LogP contribution in [0.1, 0.15) is 38.5 Å². The summed E-state index contributed by atoms with van der Waals surface area (Å²) in [6, 6.07) is 0. The van der Waals surface area contributed by atoms with E-state index in [1.54, 1.807) is 4.90 Å². The molecule has 1 saturated heterocycles. The summed E-state index contributed by atoms with van der Waals surface area (Å²) >= 11 is 1.84. The molecule has 4 nitrogen and oxygen atoms in total. The lowest BCUT2D eigenvalue weighted by atomic mass is 10.2. The minimum absolute atomic E-state index is 0.250. The number of thioether (sulfide) groups is 1. The summed E-state index contributed by atoms with van der Waals surface area (Å²) in [5.74, 6) is 0.867. The lowest BCUT2D eigenvalue weighted by molar-refractivity contribution is -0.132. The molecule has 1 saturated carbocycles. The molecule has 0 bridgehead atoms. The molecule has 2 fully saturated rings. The van der Waals surface area contributed by atoms with Gasteiger partial charge in [0, 0.05) is 31.4 Å². The molecule has 0 aromatic rings. The van der Waals surface area contributed by atoms with E-state index in [2.05, 4.69) is 0 Å². The van der Waals surface area contributed by atoms with Crippen molar-refractivity contribution in [1.29, 1.82) is 0 Å². The number of hydrogen-bond donors (Lipinski definition) is 0. The molecule has 108 valence electrons. The van der Waals surface area contributed by atoms with Gasteiger partial charge in [0.05, 0.1) is 5.75 Å². The maximum absolute atomic E-state index is 12.1. The van der Waals surface area contributed by atoms with Crippen molar-refractivity contribution in [1.82, 2.24) is 9.80 Å². The number of hydrogen-bond acceptors (Lipinski definition) is 3. The summed E-state index contributed by atoms with van der Waals surface area (Å²) in [4.78, 5) is 26.4. The van der Waals surface area contributed by atoms with Crippen LogP contribution >= 0.6 is 11.8 Å². The zero-order valence-electron chi connectivity index (χ0n) is 11.6. The van der Waals surface area contributed by atoms with Gasteiger partial charge in [0.25, 0.3) is 0 Å². The lowest BCUT2D eigenvalue weighted by Crippen LogP contribution is -2.48. The molecule has 19 heavy (non-hydrogen) atoms. The highest BCUT2D eigenvalue weighted by Crippen LogP contribution is 2.27. The summed E-state index contributed by atoms with van der Waals surface area (Å²) < 4.78 is 0. The van der Waals surface area contributed by atoms with Gasteiger partial charge in [-0.1, -0.05) is 25.7 Å². The van der Waals surface area contributed by atoms with Crippen LogP contribution in [-0.4, -0.2) is 59.3 Å². The first-order valence-corrected chi connectivity index (χ1v) is 8.43. The second-order valence-corrected chi connectivity index (χ2v) is 6.74. The van der Waals surface area contributed by atoms with E-state index >= 15 is 0 Å². The molecular formula is C14H24N2O2S. The quantitative estimate of drug-likeness (QED) is 0.583. The van der Waals surface area contributed by atoms with E-state index in [1.165, 1.54) is 38.5 Å². The number of carbonyl (C=O) groups is 2. The molecule has 0 atom stereocenters. The van der Waals surface area contributed by atoms with Gasteiger partial charge >= 0.3 is 0 Å². The second-order valence-electron chi connectivity index (χ2n) is 5.45. The Balaban J connectivity index is 1.67. The van der Waals surface area contributed by atoms with E-state index in [-0.39, 0.29) is 5.91 Å². The molecule has 0 radical (unpaired) electrons. The monoisotopic (exact) mass is 284 g/mol. The van der Waals surface area contributed by atoms with Gasteiger partial charge in [0.1, 0.15) is 0 Å². The average molecular weight is 284 g/mol. The van der Waals surface area contributed by atoms with E-state index in [0.29, 0.717) is 37.2 Å². The lowest BCUT2D eigenvalue weighted by Gasteiger charge is -2.32. The maximum Gasteiger partial charge on any atom is 0.232 e. The van der Waals surface area contributed by atoms with Gasteiger partial charge in [-0.05, 0) is 12.8 Å². The standard InChI is InChI=1S/C14H24N2O2S/c17-12-15-7-9-16(10-8-15)14(18)11-19-13-5-3-1-2-4-6-13/h12-13H,1-11H2. The van der Waals surface area contributed by atoms with Crippen LogP contribution in [0.2, 0.25) is 0 Å². The summed E-state index contributed by atoms with van der Waals surface area (Å²) in [5.41, 5.74) is 0. The summed E-state index contributed by atoms with van der Waals surface area (Å²) in [7, 11) is 0. The van der Waals surface area contributed by atoms with Gasteiger partial charge in [0.2, 0.25) is 12.3 Å². The topological polar surface area (TPSA) is 40.6 Å². The molecule has 0 spiro atoms. The fourth-order valence-corrected chi connectivity index (χ4v) is 3.99. The first-order valence-electron chi connectivity index (χ1n) is 7.38. The van der Waals surface area contributed by atoms with Crippen LogP contribution < -0.4 is 0 Å². The maximum atomic E-state index is 12.1. The Morgan fingerprint density at radius 3 is 2.26 bits per heavy atom. The molecule has 2 aliphatic rings. The summed E-state index contributed by atoms with van der Waals surface area (Å²) in [6.45, 7) is 2.76. The normalized spacial score (nSPS) is 22.1. The van der Waals surface area contributed by atoms with Crippen molar-refractivity contribution in [2.45, 2.75) is 43.8 Å². The predicted molar refractivity (Wildman–Crippen MR) is 78.2 cm³/mol. The number of amides is 2. The minimum atomic E-state index is 0.250. The Kier molecular flexibility index (Phi) is 6.01. The van der Waals surface area contributed by atoms with Crippen LogP contribution in [0, 0.1) is 0 Å². The van der Waals surface area contributed by atoms with Crippen molar-refractivity contribution in [2.75, 3.05) is 31.9 Å². The van der Waals surface area contributed by atoms with Crippen LogP contribution in [0.15, 0.2) is 0 Å². The van der Waals surface area contributed by atoms with E-state index in [1.807, 2.05) is 16.7 Å². The van der Waals surface area contributed by atoms with Crippen molar-refractivity contribution in [3.63, 3.8) is 0 Å².